The van der Waals surface area contributed by atoms with E-state index in [9.17, 15) is 4.79 Å². The van der Waals surface area contributed by atoms with Crippen molar-refractivity contribution < 1.29 is 4.79 Å². The summed E-state index contributed by atoms with van der Waals surface area (Å²) in [5.74, 6) is 0.259. The van der Waals surface area contributed by atoms with Crippen molar-refractivity contribution in [3.8, 4) is 10.6 Å². The van der Waals surface area contributed by atoms with Gasteiger partial charge in [-0.15, -0.1) is 11.3 Å². The van der Waals surface area contributed by atoms with E-state index in [0.717, 1.165) is 32.1 Å². The van der Waals surface area contributed by atoms with Crippen molar-refractivity contribution in [3.05, 3.63) is 76.1 Å². The maximum absolute atomic E-state index is 12.7. The van der Waals surface area contributed by atoms with E-state index in [1.165, 1.54) is 5.56 Å². The lowest BCUT2D eigenvalue weighted by molar-refractivity contribution is 0.103. The molecular formula is C20H16N2OS. The van der Waals surface area contributed by atoms with Gasteiger partial charge in [0, 0.05) is 46.1 Å². The number of benzene rings is 1. The Balaban J connectivity index is 1.72. The van der Waals surface area contributed by atoms with Gasteiger partial charge in [-0.05, 0) is 36.3 Å². The number of carbonyl (C=O) groups excluding carboxylic acids is 1. The number of pyridine rings is 1. The molecule has 1 aliphatic carbocycles. The fourth-order valence-corrected chi connectivity index (χ4v) is 4.14. The summed E-state index contributed by atoms with van der Waals surface area (Å²) in [7, 11) is 0. The minimum Gasteiger partial charge on any atom is -0.289 e. The molecule has 3 nitrogen and oxygen atoms in total. The van der Waals surface area contributed by atoms with E-state index in [1.807, 2.05) is 36.5 Å². The molecule has 0 amide bonds. The van der Waals surface area contributed by atoms with Crippen LogP contribution in [0.15, 0.2) is 54.5 Å². The zero-order valence-corrected chi connectivity index (χ0v) is 14.3. The highest BCUT2D eigenvalue weighted by Gasteiger charge is 2.32. The summed E-state index contributed by atoms with van der Waals surface area (Å²) < 4.78 is 0. The van der Waals surface area contributed by atoms with Crippen molar-refractivity contribution in [1.82, 2.24) is 9.97 Å². The number of aryl methyl sites for hydroxylation is 1. The molecule has 1 unspecified atom stereocenters. The first kappa shape index (κ1) is 15.0. The second-order valence-electron chi connectivity index (χ2n) is 6.00. The average molecular weight is 332 g/mol. The van der Waals surface area contributed by atoms with Crippen molar-refractivity contribution in [1.29, 1.82) is 0 Å². The van der Waals surface area contributed by atoms with E-state index in [0.29, 0.717) is 0 Å². The summed E-state index contributed by atoms with van der Waals surface area (Å²) in [6.45, 7) is 4.17. The largest absolute Gasteiger partial charge is 0.289 e. The Hall–Kier alpha value is -2.59. The minimum atomic E-state index is 0.123. The zero-order chi connectivity index (χ0) is 16.7. The molecular weight excluding hydrogens is 316 g/mol. The minimum absolute atomic E-state index is 0.123. The van der Waals surface area contributed by atoms with E-state index in [2.05, 4.69) is 29.9 Å². The Morgan fingerprint density at radius 3 is 2.79 bits per heavy atom. The molecule has 1 atom stereocenters. The van der Waals surface area contributed by atoms with Gasteiger partial charge in [0.1, 0.15) is 5.01 Å². The number of rotatable bonds is 2. The first-order chi connectivity index (χ1) is 11.6. The summed E-state index contributed by atoms with van der Waals surface area (Å²) in [5, 5.41) is 0.918. The third-order valence-corrected chi connectivity index (χ3v) is 5.45. The molecule has 1 aromatic carbocycles. The number of hydrogen-bond donors (Lipinski definition) is 0. The Morgan fingerprint density at radius 1 is 1.17 bits per heavy atom. The van der Waals surface area contributed by atoms with Crippen LogP contribution in [-0.4, -0.2) is 15.8 Å². The number of ketones is 1. The van der Waals surface area contributed by atoms with Crippen molar-refractivity contribution >= 4 is 23.2 Å². The average Bonchev–Trinajstić information content (AvgIpc) is 3.16. The molecule has 4 heteroatoms. The molecule has 2 aromatic heterocycles. The summed E-state index contributed by atoms with van der Waals surface area (Å²) in [4.78, 5) is 22.3. The van der Waals surface area contributed by atoms with Crippen molar-refractivity contribution in [2.45, 2.75) is 19.8 Å². The van der Waals surface area contributed by atoms with Gasteiger partial charge in [-0.1, -0.05) is 25.1 Å². The van der Waals surface area contributed by atoms with Gasteiger partial charge in [-0.3, -0.25) is 9.78 Å². The Morgan fingerprint density at radius 2 is 2.04 bits per heavy atom. The number of aromatic nitrogens is 2. The smallest absolute Gasteiger partial charge is 0.189 e. The van der Waals surface area contributed by atoms with Crippen LogP contribution in [-0.2, 0) is 0 Å². The molecule has 0 fully saturated rings. The molecule has 24 heavy (non-hydrogen) atoms. The maximum atomic E-state index is 12.7. The van der Waals surface area contributed by atoms with Gasteiger partial charge in [0.2, 0.25) is 0 Å². The van der Waals surface area contributed by atoms with Gasteiger partial charge >= 0.3 is 0 Å². The fraction of sp³-hybridized carbons (Fsp3) is 0.150. The number of nitrogens with zero attached hydrogens (tertiary/aromatic N) is 2. The van der Waals surface area contributed by atoms with E-state index in [4.69, 9.17) is 0 Å². The van der Waals surface area contributed by atoms with Crippen LogP contribution in [0.3, 0.4) is 0 Å². The lowest BCUT2D eigenvalue weighted by Gasteiger charge is -2.07. The van der Waals surface area contributed by atoms with E-state index < -0.39 is 0 Å². The number of Topliss-reactive ketones (excluding diaryl/α,β-unsaturated/α-hetero) is 1. The Labute approximate surface area is 144 Å². The predicted molar refractivity (Wildman–Crippen MR) is 97.2 cm³/mol. The summed E-state index contributed by atoms with van der Waals surface area (Å²) >= 11 is 1.58. The molecule has 0 bridgehead atoms. The van der Waals surface area contributed by atoms with Crippen LogP contribution in [0, 0.1) is 6.92 Å². The molecule has 0 N–H and O–H groups in total. The van der Waals surface area contributed by atoms with Crippen LogP contribution >= 0.6 is 11.3 Å². The molecule has 2 heterocycles. The van der Waals surface area contributed by atoms with Crippen LogP contribution in [0.4, 0.5) is 0 Å². The second-order valence-corrected chi connectivity index (χ2v) is 7.06. The van der Waals surface area contributed by atoms with Crippen molar-refractivity contribution in [3.63, 3.8) is 0 Å². The SMILES string of the molecule is Cc1cccc2c1C(C)/C(=C\c1cnc(-c3cccnc3)s1)C2=O. The predicted octanol–water partition coefficient (Wildman–Crippen LogP) is 4.90. The molecule has 1 aliphatic rings. The molecule has 118 valence electrons. The van der Waals surface area contributed by atoms with Gasteiger partial charge in [0.05, 0.1) is 0 Å². The number of carbonyl (C=O) groups is 1. The second kappa shape index (κ2) is 5.80. The summed E-state index contributed by atoms with van der Waals surface area (Å²) in [5.41, 5.74) is 5.02. The van der Waals surface area contributed by atoms with Crippen molar-refractivity contribution in [2.75, 3.05) is 0 Å². The number of fused-ring (bicyclic) bond motifs is 1. The highest BCUT2D eigenvalue weighted by molar-refractivity contribution is 7.15. The monoisotopic (exact) mass is 332 g/mol. The molecule has 0 aliphatic heterocycles. The van der Waals surface area contributed by atoms with Crippen LogP contribution in [0.1, 0.15) is 39.2 Å². The number of hydrogen-bond acceptors (Lipinski definition) is 4. The topological polar surface area (TPSA) is 42.9 Å². The molecule has 0 saturated carbocycles. The van der Waals surface area contributed by atoms with Gasteiger partial charge < -0.3 is 0 Å². The first-order valence-corrected chi connectivity index (χ1v) is 8.69. The third-order valence-electron chi connectivity index (χ3n) is 4.46. The van der Waals surface area contributed by atoms with Crippen molar-refractivity contribution in [2.24, 2.45) is 0 Å². The van der Waals surface area contributed by atoms with Gasteiger partial charge in [0.15, 0.2) is 5.78 Å². The molecule has 3 aromatic rings. The quantitative estimate of drug-likeness (QED) is 0.627. The zero-order valence-electron chi connectivity index (χ0n) is 13.5. The Bertz CT molecular complexity index is 957. The lowest BCUT2D eigenvalue weighted by Crippen LogP contribution is -1.96. The maximum Gasteiger partial charge on any atom is 0.189 e. The Kier molecular flexibility index (Phi) is 3.62. The highest BCUT2D eigenvalue weighted by Crippen LogP contribution is 2.40. The number of thiazole rings is 1. The lowest BCUT2D eigenvalue weighted by atomic mass is 9.96. The highest BCUT2D eigenvalue weighted by atomic mass is 32.1. The van der Waals surface area contributed by atoms with Gasteiger partial charge in [-0.25, -0.2) is 4.98 Å². The molecule has 4 rings (SSSR count). The van der Waals surface area contributed by atoms with Crippen LogP contribution < -0.4 is 0 Å². The van der Waals surface area contributed by atoms with E-state index in [-0.39, 0.29) is 11.7 Å². The molecule has 0 saturated heterocycles. The first-order valence-electron chi connectivity index (χ1n) is 7.87. The molecule has 0 spiro atoms. The van der Waals surface area contributed by atoms with Gasteiger partial charge in [0.25, 0.3) is 0 Å². The standard InChI is InChI=1S/C20H16N2OS/c1-12-5-3-7-16-18(12)13(2)17(19(16)23)9-15-11-22-20(24-15)14-6-4-8-21-10-14/h3-11,13H,1-2H3/b17-9+. The fourth-order valence-electron chi connectivity index (χ4n) is 3.28. The normalized spacial score (nSPS) is 18.2. The van der Waals surface area contributed by atoms with Crippen LogP contribution in [0.2, 0.25) is 0 Å². The molecule has 0 radical (unpaired) electrons. The van der Waals surface area contributed by atoms with Crippen LogP contribution in [0.5, 0.6) is 0 Å². The summed E-state index contributed by atoms with van der Waals surface area (Å²) in [6.07, 6.45) is 7.37. The van der Waals surface area contributed by atoms with Gasteiger partial charge in [-0.2, -0.15) is 0 Å². The third kappa shape index (κ3) is 2.39. The van der Waals surface area contributed by atoms with E-state index in [1.54, 1.807) is 23.7 Å². The van der Waals surface area contributed by atoms with Crippen LogP contribution in [0.25, 0.3) is 16.6 Å². The number of allylic oxidation sites excluding steroid dienone is 1. The summed E-state index contributed by atoms with van der Waals surface area (Å²) in [6, 6.07) is 9.84. The van der Waals surface area contributed by atoms with E-state index >= 15 is 0 Å².